The van der Waals surface area contributed by atoms with Gasteiger partial charge in [-0.1, -0.05) is 6.92 Å². The third-order valence-electron chi connectivity index (χ3n) is 3.28. The first-order valence-corrected chi connectivity index (χ1v) is 5.65. The molecule has 2 rings (SSSR count). The van der Waals surface area contributed by atoms with Crippen LogP contribution in [0.25, 0.3) is 0 Å². The molecule has 1 aliphatic rings. The molecule has 0 spiro atoms. The fraction of sp³-hybridized carbons (Fsp3) is 0.500. The van der Waals surface area contributed by atoms with E-state index in [1.54, 1.807) is 12.4 Å². The summed E-state index contributed by atoms with van der Waals surface area (Å²) < 4.78 is 4.81. The van der Waals surface area contributed by atoms with Crippen molar-refractivity contribution in [3.8, 4) is 0 Å². The molecule has 0 saturated carbocycles. The van der Waals surface area contributed by atoms with Crippen molar-refractivity contribution in [2.75, 3.05) is 30.8 Å². The summed E-state index contributed by atoms with van der Waals surface area (Å²) in [6, 6.07) is 1.88. The zero-order valence-corrected chi connectivity index (χ0v) is 10.1. The van der Waals surface area contributed by atoms with E-state index in [2.05, 4.69) is 16.8 Å². The Morgan fingerprint density at radius 2 is 2.35 bits per heavy atom. The number of pyridine rings is 1. The lowest BCUT2D eigenvalue weighted by Gasteiger charge is -2.19. The van der Waals surface area contributed by atoms with E-state index < -0.39 is 0 Å². The Balaban J connectivity index is 2.17. The predicted octanol–water partition coefficient (Wildman–Crippen LogP) is 0.909. The molecule has 17 heavy (non-hydrogen) atoms. The van der Waals surface area contributed by atoms with Gasteiger partial charge in [0.15, 0.2) is 0 Å². The largest absolute Gasteiger partial charge is 0.469 e. The molecule has 0 radical (unpaired) electrons. The third-order valence-corrected chi connectivity index (χ3v) is 3.28. The molecule has 2 N–H and O–H groups in total. The number of anilines is 2. The van der Waals surface area contributed by atoms with Crippen LogP contribution in [0, 0.1) is 11.8 Å². The van der Waals surface area contributed by atoms with Crippen molar-refractivity contribution in [1.29, 1.82) is 0 Å². The first-order valence-electron chi connectivity index (χ1n) is 5.65. The molecule has 92 valence electrons. The second kappa shape index (κ2) is 4.61. The van der Waals surface area contributed by atoms with Gasteiger partial charge in [-0.2, -0.15) is 0 Å². The Kier molecular flexibility index (Phi) is 3.17. The highest BCUT2D eigenvalue weighted by Gasteiger charge is 2.36. The molecule has 2 heterocycles. The molecule has 2 atom stereocenters. The van der Waals surface area contributed by atoms with Crippen LogP contribution in [0.1, 0.15) is 6.92 Å². The van der Waals surface area contributed by atoms with Crippen molar-refractivity contribution in [3.05, 3.63) is 18.5 Å². The summed E-state index contributed by atoms with van der Waals surface area (Å²) in [5.74, 6) is 0.0511. The van der Waals surface area contributed by atoms with Crippen LogP contribution in [0.4, 0.5) is 11.4 Å². The average Bonchev–Trinajstić information content (AvgIpc) is 2.71. The molecule has 5 nitrogen and oxygen atoms in total. The molecule has 0 bridgehead atoms. The average molecular weight is 235 g/mol. The molecule has 1 aromatic heterocycles. The molecular formula is C12H17N3O2. The second-order valence-corrected chi connectivity index (χ2v) is 4.45. The van der Waals surface area contributed by atoms with E-state index in [1.807, 2.05) is 6.07 Å². The lowest BCUT2D eigenvalue weighted by molar-refractivity contribution is -0.145. The van der Waals surface area contributed by atoms with Gasteiger partial charge in [0.2, 0.25) is 0 Å². The van der Waals surface area contributed by atoms with Gasteiger partial charge in [-0.05, 0) is 12.0 Å². The Labute approximate surface area is 101 Å². The number of nitrogens with two attached hydrogens (primary N) is 1. The van der Waals surface area contributed by atoms with Crippen LogP contribution in [0.15, 0.2) is 18.5 Å². The Hall–Kier alpha value is -1.78. The maximum atomic E-state index is 11.6. The van der Waals surface area contributed by atoms with Crippen molar-refractivity contribution in [1.82, 2.24) is 4.98 Å². The highest BCUT2D eigenvalue weighted by Crippen LogP contribution is 2.31. The minimum Gasteiger partial charge on any atom is -0.469 e. The van der Waals surface area contributed by atoms with E-state index in [-0.39, 0.29) is 17.8 Å². The van der Waals surface area contributed by atoms with Gasteiger partial charge in [0.25, 0.3) is 0 Å². The Bertz CT molecular complexity index is 422. The predicted molar refractivity (Wildman–Crippen MR) is 65.5 cm³/mol. The fourth-order valence-corrected chi connectivity index (χ4v) is 2.31. The number of rotatable bonds is 2. The molecule has 1 aromatic rings. The summed E-state index contributed by atoms with van der Waals surface area (Å²) in [7, 11) is 1.43. The first-order chi connectivity index (χ1) is 8.13. The summed E-state index contributed by atoms with van der Waals surface area (Å²) in [5, 5.41) is 0. The van der Waals surface area contributed by atoms with Crippen molar-refractivity contribution < 1.29 is 9.53 Å². The number of hydrogen-bond acceptors (Lipinski definition) is 5. The molecule has 0 aromatic carbocycles. The maximum Gasteiger partial charge on any atom is 0.310 e. The van der Waals surface area contributed by atoms with Crippen LogP contribution < -0.4 is 10.6 Å². The summed E-state index contributed by atoms with van der Waals surface area (Å²) in [6.07, 6.45) is 3.34. The molecule has 1 aliphatic heterocycles. The highest BCUT2D eigenvalue weighted by molar-refractivity contribution is 5.76. The molecule has 2 unspecified atom stereocenters. The number of nitrogen functional groups attached to an aromatic ring is 1. The minimum absolute atomic E-state index is 0.0763. The summed E-state index contributed by atoms with van der Waals surface area (Å²) in [4.78, 5) is 17.7. The zero-order valence-electron chi connectivity index (χ0n) is 10.1. The molecule has 0 amide bonds. The molecular weight excluding hydrogens is 218 g/mol. The van der Waals surface area contributed by atoms with Gasteiger partial charge in [0, 0.05) is 19.3 Å². The van der Waals surface area contributed by atoms with E-state index in [0.29, 0.717) is 12.2 Å². The number of hydrogen-bond donors (Lipinski definition) is 1. The van der Waals surface area contributed by atoms with Gasteiger partial charge in [0.1, 0.15) is 0 Å². The highest BCUT2D eigenvalue weighted by atomic mass is 16.5. The number of ether oxygens (including phenoxy) is 1. The SMILES string of the molecule is COC(=O)C1CN(c2ccncc2N)CC1C. The minimum atomic E-state index is -0.146. The van der Waals surface area contributed by atoms with E-state index in [9.17, 15) is 4.79 Å². The van der Waals surface area contributed by atoms with Crippen molar-refractivity contribution in [3.63, 3.8) is 0 Å². The standard InChI is InChI=1S/C12H17N3O2/c1-8-6-15(7-9(8)12(16)17-2)11-3-4-14-5-10(11)13/h3-5,8-9H,6-7,13H2,1-2H3. The summed E-state index contributed by atoms with van der Waals surface area (Å²) in [6.45, 7) is 3.52. The van der Waals surface area contributed by atoms with Crippen LogP contribution in [-0.4, -0.2) is 31.2 Å². The summed E-state index contributed by atoms with van der Waals surface area (Å²) in [5.41, 5.74) is 7.47. The topological polar surface area (TPSA) is 68.5 Å². The Morgan fingerprint density at radius 3 is 3.00 bits per heavy atom. The van der Waals surface area contributed by atoms with Crippen molar-refractivity contribution in [2.45, 2.75) is 6.92 Å². The quantitative estimate of drug-likeness (QED) is 0.772. The van der Waals surface area contributed by atoms with Gasteiger partial charge in [-0.25, -0.2) is 0 Å². The third kappa shape index (κ3) is 2.18. The van der Waals surface area contributed by atoms with Gasteiger partial charge >= 0.3 is 5.97 Å². The van der Waals surface area contributed by atoms with Crippen LogP contribution in [-0.2, 0) is 9.53 Å². The smallest absolute Gasteiger partial charge is 0.310 e. The number of nitrogens with zero attached hydrogens (tertiary/aromatic N) is 2. The number of carbonyl (C=O) groups excluding carboxylic acids is 1. The second-order valence-electron chi connectivity index (χ2n) is 4.45. The maximum absolute atomic E-state index is 11.6. The number of esters is 1. The van der Waals surface area contributed by atoms with Gasteiger partial charge in [0.05, 0.1) is 30.6 Å². The summed E-state index contributed by atoms with van der Waals surface area (Å²) >= 11 is 0. The van der Waals surface area contributed by atoms with E-state index in [0.717, 1.165) is 12.2 Å². The van der Waals surface area contributed by atoms with E-state index in [4.69, 9.17) is 10.5 Å². The number of aromatic nitrogens is 1. The van der Waals surface area contributed by atoms with Gasteiger partial charge in [-0.3, -0.25) is 9.78 Å². The normalized spacial score (nSPS) is 23.8. The molecule has 5 heteroatoms. The van der Waals surface area contributed by atoms with Crippen molar-refractivity contribution in [2.24, 2.45) is 11.8 Å². The first kappa shape index (κ1) is 11.7. The molecule has 0 aliphatic carbocycles. The van der Waals surface area contributed by atoms with Crippen LogP contribution in [0.5, 0.6) is 0 Å². The van der Waals surface area contributed by atoms with Gasteiger partial charge in [-0.15, -0.1) is 0 Å². The zero-order chi connectivity index (χ0) is 12.4. The lowest BCUT2D eigenvalue weighted by Crippen LogP contribution is -2.24. The Morgan fingerprint density at radius 1 is 1.59 bits per heavy atom. The number of methoxy groups -OCH3 is 1. The number of carbonyl (C=O) groups is 1. The molecule has 1 saturated heterocycles. The van der Waals surface area contributed by atoms with Crippen LogP contribution in [0.2, 0.25) is 0 Å². The molecule has 1 fully saturated rings. The monoisotopic (exact) mass is 235 g/mol. The lowest BCUT2D eigenvalue weighted by atomic mass is 9.99. The van der Waals surface area contributed by atoms with Crippen LogP contribution >= 0.6 is 0 Å². The van der Waals surface area contributed by atoms with E-state index >= 15 is 0 Å². The van der Waals surface area contributed by atoms with Crippen LogP contribution in [0.3, 0.4) is 0 Å². The van der Waals surface area contributed by atoms with Crippen molar-refractivity contribution >= 4 is 17.3 Å². The van der Waals surface area contributed by atoms with E-state index in [1.165, 1.54) is 7.11 Å². The van der Waals surface area contributed by atoms with Gasteiger partial charge < -0.3 is 15.4 Å². The fourth-order valence-electron chi connectivity index (χ4n) is 2.31.